The van der Waals surface area contributed by atoms with Crippen LogP contribution in [0.1, 0.15) is 26.7 Å². The first kappa shape index (κ1) is 11.5. The Labute approximate surface area is 88.1 Å². The highest BCUT2D eigenvalue weighted by Crippen LogP contribution is 2.04. The Hall–Kier alpha value is -1.59. The monoisotopic (exact) mass is 213 g/mol. The van der Waals surface area contributed by atoms with Gasteiger partial charge in [0, 0.05) is 0 Å². The topological polar surface area (TPSA) is 79.8 Å². The number of hydrogen-bond acceptors (Lipinski definition) is 4. The van der Waals surface area contributed by atoms with Crippen LogP contribution in [0.3, 0.4) is 0 Å². The highest BCUT2D eigenvalue weighted by molar-refractivity contribution is 6.39. The molecular formula is C9H15N3O3. The summed E-state index contributed by atoms with van der Waals surface area (Å²) in [4.78, 5) is 22.4. The van der Waals surface area contributed by atoms with Gasteiger partial charge in [-0.05, 0) is 13.3 Å². The van der Waals surface area contributed by atoms with Gasteiger partial charge in [-0.25, -0.2) is 15.0 Å². The largest absolute Gasteiger partial charge is 0.461 e. The molecule has 6 nitrogen and oxygen atoms in total. The third-order valence-corrected chi connectivity index (χ3v) is 1.98. The van der Waals surface area contributed by atoms with Gasteiger partial charge >= 0.3 is 12.0 Å². The van der Waals surface area contributed by atoms with Crippen molar-refractivity contribution in [1.82, 2.24) is 10.7 Å². The van der Waals surface area contributed by atoms with Crippen molar-refractivity contribution in [2.45, 2.75) is 32.7 Å². The van der Waals surface area contributed by atoms with Gasteiger partial charge < -0.3 is 10.1 Å². The van der Waals surface area contributed by atoms with E-state index < -0.39 is 5.97 Å². The second-order valence-corrected chi connectivity index (χ2v) is 3.14. The van der Waals surface area contributed by atoms with Crippen LogP contribution in [0.25, 0.3) is 0 Å². The van der Waals surface area contributed by atoms with E-state index in [1.165, 1.54) is 0 Å². The van der Waals surface area contributed by atoms with Gasteiger partial charge in [-0.2, -0.15) is 5.10 Å². The number of rotatable bonds is 4. The average Bonchev–Trinajstić information content (AvgIpc) is 2.18. The Balaban J connectivity index is 2.73. The Morgan fingerprint density at radius 2 is 2.27 bits per heavy atom. The van der Waals surface area contributed by atoms with Crippen LogP contribution in [-0.2, 0) is 9.53 Å². The minimum Gasteiger partial charge on any atom is -0.461 e. The van der Waals surface area contributed by atoms with Crippen molar-refractivity contribution in [1.29, 1.82) is 0 Å². The van der Waals surface area contributed by atoms with Crippen LogP contribution in [0.15, 0.2) is 5.10 Å². The summed E-state index contributed by atoms with van der Waals surface area (Å²) in [5, 5.41) is 6.33. The van der Waals surface area contributed by atoms with E-state index in [2.05, 4.69) is 15.8 Å². The molecule has 1 aliphatic rings. The van der Waals surface area contributed by atoms with Crippen molar-refractivity contribution >= 4 is 17.7 Å². The summed E-state index contributed by atoms with van der Waals surface area (Å²) in [7, 11) is 0. The molecule has 1 atom stereocenters. The van der Waals surface area contributed by atoms with Gasteiger partial charge in [-0.3, -0.25) is 0 Å². The summed E-state index contributed by atoms with van der Waals surface area (Å²) in [6, 6.07) is -0.732. The maximum absolute atomic E-state index is 11.4. The quantitative estimate of drug-likeness (QED) is 0.663. The molecule has 1 unspecified atom stereocenters. The lowest BCUT2D eigenvalue weighted by atomic mass is 10.1. The first-order valence-electron chi connectivity index (χ1n) is 5.00. The van der Waals surface area contributed by atoms with E-state index in [4.69, 9.17) is 4.74 Å². The van der Waals surface area contributed by atoms with Gasteiger partial charge in [0.2, 0.25) is 0 Å². The Morgan fingerprint density at radius 1 is 1.53 bits per heavy atom. The summed E-state index contributed by atoms with van der Waals surface area (Å²) >= 11 is 0. The van der Waals surface area contributed by atoms with Crippen LogP contribution < -0.4 is 10.7 Å². The molecular weight excluding hydrogens is 198 g/mol. The van der Waals surface area contributed by atoms with Gasteiger partial charge in [0.15, 0.2) is 5.71 Å². The van der Waals surface area contributed by atoms with Gasteiger partial charge in [0.25, 0.3) is 0 Å². The van der Waals surface area contributed by atoms with Crippen LogP contribution in [0.2, 0.25) is 0 Å². The van der Waals surface area contributed by atoms with Gasteiger partial charge in [-0.15, -0.1) is 0 Å². The first-order chi connectivity index (χ1) is 7.19. The van der Waals surface area contributed by atoms with E-state index in [0.717, 1.165) is 6.42 Å². The molecule has 0 saturated carbocycles. The van der Waals surface area contributed by atoms with Crippen molar-refractivity contribution in [3.05, 3.63) is 0 Å². The Kier molecular flexibility index (Phi) is 4.08. The molecule has 0 aromatic heterocycles. The molecule has 6 heteroatoms. The Morgan fingerprint density at radius 3 is 2.87 bits per heavy atom. The summed E-state index contributed by atoms with van der Waals surface area (Å²) in [5.41, 5.74) is 2.43. The van der Waals surface area contributed by atoms with Crippen molar-refractivity contribution in [2.24, 2.45) is 5.10 Å². The molecule has 0 fully saturated rings. The third-order valence-electron chi connectivity index (χ3n) is 1.98. The number of hydrazone groups is 1. The van der Waals surface area contributed by atoms with Crippen molar-refractivity contribution in [3.8, 4) is 0 Å². The SMILES string of the molecule is CCCC1NC(=O)NN=C1C(=O)OCC. The zero-order chi connectivity index (χ0) is 11.3. The number of nitrogens with zero attached hydrogens (tertiary/aromatic N) is 1. The van der Waals surface area contributed by atoms with Crippen LogP contribution in [0, 0.1) is 0 Å². The van der Waals surface area contributed by atoms with Gasteiger partial charge in [0.05, 0.1) is 12.6 Å². The highest BCUT2D eigenvalue weighted by atomic mass is 16.5. The van der Waals surface area contributed by atoms with E-state index in [1.807, 2.05) is 6.92 Å². The van der Waals surface area contributed by atoms with E-state index in [9.17, 15) is 9.59 Å². The van der Waals surface area contributed by atoms with Crippen LogP contribution >= 0.6 is 0 Å². The van der Waals surface area contributed by atoms with Crippen molar-refractivity contribution in [2.75, 3.05) is 6.61 Å². The lowest BCUT2D eigenvalue weighted by molar-refractivity contribution is -0.135. The maximum atomic E-state index is 11.4. The number of urea groups is 1. The predicted molar refractivity (Wildman–Crippen MR) is 54.4 cm³/mol. The fourth-order valence-electron chi connectivity index (χ4n) is 1.34. The molecule has 84 valence electrons. The number of ether oxygens (including phenoxy) is 1. The standard InChI is InChI=1S/C9H15N3O3/c1-3-5-6-7(8(13)15-4-2)11-12-9(14)10-6/h6H,3-5H2,1-2H3,(H2,10,12,14). The molecule has 0 bridgehead atoms. The van der Waals surface area contributed by atoms with Crippen molar-refractivity contribution in [3.63, 3.8) is 0 Å². The summed E-state index contributed by atoms with van der Waals surface area (Å²) < 4.78 is 4.83. The molecule has 0 spiro atoms. The van der Waals surface area contributed by atoms with Gasteiger partial charge in [0.1, 0.15) is 0 Å². The van der Waals surface area contributed by atoms with Crippen LogP contribution in [-0.4, -0.2) is 30.4 Å². The molecule has 2 amide bonds. The first-order valence-corrected chi connectivity index (χ1v) is 5.00. The average molecular weight is 213 g/mol. The summed E-state index contributed by atoms with van der Waals surface area (Å²) in [6.07, 6.45) is 1.52. The molecule has 0 saturated heterocycles. The molecule has 1 heterocycles. The molecule has 2 N–H and O–H groups in total. The number of hydrogen-bond donors (Lipinski definition) is 2. The number of nitrogens with one attached hydrogen (secondary N) is 2. The fourth-order valence-corrected chi connectivity index (χ4v) is 1.34. The fraction of sp³-hybridized carbons (Fsp3) is 0.667. The molecule has 1 aliphatic heterocycles. The predicted octanol–water partition coefficient (Wildman–Crippen LogP) is 0.387. The third kappa shape index (κ3) is 2.93. The Bertz CT molecular complexity index is 288. The van der Waals surface area contributed by atoms with E-state index in [-0.39, 0.29) is 17.8 Å². The second-order valence-electron chi connectivity index (χ2n) is 3.14. The van der Waals surface area contributed by atoms with E-state index in [0.29, 0.717) is 13.0 Å². The molecule has 0 aromatic rings. The number of carbonyl (C=O) groups excluding carboxylic acids is 2. The van der Waals surface area contributed by atoms with Crippen molar-refractivity contribution < 1.29 is 14.3 Å². The minimum absolute atomic E-state index is 0.235. The summed E-state index contributed by atoms with van der Waals surface area (Å²) in [5.74, 6) is -0.483. The molecule has 15 heavy (non-hydrogen) atoms. The van der Waals surface area contributed by atoms with E-state index in [1.54, 1.807) is 6.92 Å². The lowest BCUT2D eigenvalue weighted by Gasteiger charge is -2.22. The molecule has 1 rings (SSSR count). The number of amides is 2. The summed E-state index contributed by atoms with van der Waals surface area (Å²) in [6.45, 7) is 3.99. The smallest absolute Gasteiger partial charge is 0.356 e. The maximum Gasteiger partial charge on any atom is 0.356 e. The minimum atomic E-state index is -0.483. The van der Waals surface area contributed by atoms with E-state index >= 15 is 0 Å². The normalized spacial score (nSPS) is 20.0. The highest BCUT2D eigenvalue weighted by Gasteiger charge is 2.28. The number of carbonyl (C=O) groups is 2. The molecule has 0 aromatic carbocycles. The second kappa shape index (κ2) is 5.33. The lowest BCUT2D eigenvalue weighted by Crippen LogP contribution is -2.52. The van der Waals surface area contributed by atoms with Gasteiger partial charge in [-0.1, -0.05) is 13.3 Å². The zero-order valence-corrected chi connectivity index (χ0v) is 8.87. The van der Waals surface area contributed by atoms with Crippen LogP contribution in [0.4, 0.5) is 4.79 Å². The molecule has 0 aliphatic carbocycles. The molecule has 0 radical (unpaired) electrons. The van der Waals surface area contributed by atoms with Crippen LogP contribution in [0.5, 0.6) is 0 Å². The number of esters is 1. The zero-order valence-electron chi connectivity index (χ0n) is 8.87.